The maximum absolute atomic E-state index is 12.0. The van der Waals surface area contributed by atoms with E-state index in [2.05, 4.69) is 6.07 Å². The van der Waals surface area contributed by atoms with E-state index in [-0.39, 0.29) is 5.92 Å². The summed E-state index contributed by atoms with van der Waals surface area (Å²) in [6.45, 7) is 1.66. The normalized spacial score (nSPS) is 18.1. The number of hydrogen-bond acceptors (Lipinski definition) is 4. The number of hydrogen-bond donors (Lipinski definition) is 0. The summed E-state index contributed by atoms with van der Waals surface area (Å²) in [6, 6.07) is 14.0. The third-order valence-electron chi connectivity index (χ3n) is 5.25. The molecule has 0 radical (unpaired) electrons. The van der Waals surface area contributed by atoms with Crippen molar-refractivity contribution in [2.45, 2.75) is 43.4 Å². The van der Waals surface area contributed by atoms with Crippen LogP contribution in [0.4, 0.5) is 0 Å². The Bertz CT molecular complexity index is 811. The minimum absolute atomic E-state index is 0.103. The van der Waals surface area contributed by atoms with Gasteiger partial charge in [-0.3, -0.25) is 4.79 Å². The van der Waals surface area contributed by atoms with Gasteiger partial charge in [-0.1, -0.05) is 37.3 Å². The van der Waals surface area contributed by atoms with Crippen molar-refractivity contribution in [3.05, 3.63) is 53.6 Å². The van der Waals surface area contributed by atoms with Gasteiger partial charge in [0.25, 0.3) is 0 Å². The van der Waals surface area contributed by atoms with Gasteiger partial charge in [-0.2, -0.15) is 0 Å². The standard InChI is InChI=1S/C22H24O3S/c1-14(22(24)25)19-11-6-15(12-17-4-3-5-21(17)23)13-20(19)16-7-9-18(26-2)10-8-16/h6-11,13-14,17H,3-5,12H2,1-2H3,(H,24,25)/p-1. The summed E-state index contributed by atoms with van der Waals surface area (Å²) in [4.78, 5) is 24.6. The molecule has 2 aromatic rings. The van der Waals surface area contributed by atoms with Gasteiger partial charge in [-0.25, -0.2) is 0 Å². The Morgan fingerprint density at radius 3 is 2.54 bits per heavy atom. The molecule has 3 nitrogen and oxygen atoms in total. The van der Waals surface area contributed by atoms with Gasteiger partial charge in [-0.05, 0) is 59.9 Å². The summed E-state index contributed by atoms with van der Waals surface area (Å²) in [5.74, 6) is -1.31. The number of carboxylic acids is 1. The predicted octanol–water partition coefficient (Wildman–Crippen LogP) is 3.84. The first kappa shape index (κ1) is 18.7. The minimum atomic E-state index is -1.08. The second kappa shape index (κ2) is 8.09. The SMILES string of the molecule is CSc1ccc(-c2cc(CC3CCCC3=O)ccc2C(C)C(=O)[O-])cc1. The molecule has 2 unspecified atom stereocenters. The molecule has 0 aromatic heterocycles. The number of carboxylic acid groups (broad SMARTS) is 1. The molecule has 0 heterocycles. The fraction of sp³-hybridized carbons (Fsp3) is 0.364. The maximum atomic E-state index is 12.0. The summed E-state index contributed by atoms with van der Waals surface area (Å²) < 4.78 is 0. The zero-order valence-corrected chi connectivity index (χ0v) is 16.0. The van der Waals surface area contributed by atoms with E-state index in [4.69, 9.17) is 0 Å². The van der Waals surface area contributed by atoms with Gasteiger partial charge in [0.15, 0.2) is 0 Å². The third-order valence-corrected chi connectivity index (χ3v) is 6.00. The number of aliphatic carboxylic acids is 1. The van der Waals surface area contributed by atoms with Crippen LogP contribution in [-0.2, 0) is 16.0 Å². The number of carbonyl (C=O) groups excluding carboxylic acids is 2. The Hall–Kier alpha value is -2.07. The van der Waals surface area contributed by atoms with Crippen molar-refractivity contribution in [2.75, 3.05) is 6.26 Å². The van der Waals surface area contributed by atoms with E-state index in [1.165, 1.54) is 0 Å². The molecule has 4 heteroatoms. The van der Waals surface area contributed by atoms with Gasteiger partial charge in [0.2, 0.25) is 0 Å². The van der Waals surface area contributed by atoms with Crippen LogP contribution in [0.25, 0.3) is 11.1 Å². The molecule has 1 aliphatic rings. The quantitative estimate of drug-likeness (QED) is 0.728. The predicted molar refractivity (Wildman–Crippen MR) is 103 cm³/mol. The molecule has 2 atom stereocenters. The Morgan fingerprint density at radius 1 is 1.23 bits per heavy atom. The van der Waals surface area contributed by atoms with Crippen LogP contribution in [0.5, 0.6) is 0 Å². The lowest BCUT2D eigenvalue weighted by Crippen LogP contribution is -2.28. The molecule has 0 aliphatic heterocycles. The van der Waals surface area contributed by atoms with Crippen LogP contribution in [-0.4, -0.2) is 18.0 Å². The summed E-state index contributed by atoms with van der Waals surface area (Å²) in [7, 11) is 0. The molecule has 26 heavy (non-hydrogen) atoms. The molecule has 2 aromatic carbocycles. The van der Waals surface area contributed by atoms with Gasteiger partial charge >= 0.3 is 0 Å². The van der Waals surface area contributed by atoms with E-state index < -0.39 is 11.9 Å². The van der Waals surface area contributed by atoms with Crippen molar-refractivity contribution >= 4 is 23.5 Å². The molecule has 3 rings (SSSR count). The van der Waals surface area contributed by atoms with Crippen molar-refractivity contribution in [2.24, 2.45) is 5.92 Å². The van der Waals surface area contributed by atoms with E-state index in [9.17, 15) is 14.7 Å². The highest BCUT2D eigenvalue weighted by Crippen LogP contribution is 2.33. The average molecular weight is 367 g/mol. The summed E-state index contributed by atoms with van der Waals surface area (Å²) >= 11 is 1.67. The second-order valence-electron chi connectivity index (χ2n) is 6.95. The number of thioether (sulfide) groups is 1. The van der Waals surface area contributed by atoms with E-state index in [0.717, 1.165) is 46.4 Å². The zero-order chi connectivity index (χ0) is 18.7. The number of rotatable bonds is 6. The second-order valence-corrected chi connectivity index (χ2v) is 7.83. The first-order valence-corrected chi connectivity index (χ1v) is 10.2. The maximum Gasteiger partial charge on any atom is 0.136 e. The highest BCUT2D eigenvalue weighted by molar-refractivity contribution is 7.98. The highest BCUT2D eigenvalue weighted by atomic mass is 32.2. The smallest absolute Gasteiger partial charge is 0.136 e. The average Bonchev–Trinajstić information content (AvgIpc) is 3.05. The molecule has 1 saturated carbocycles. The highest BCUT2D eigenvalue weighted by Gasteiger charge is 2.25. The number of ketones is 1. The van der Waals surface area contributed by atoms with Crippen molar-refractivity contribution in [1.82, 2.24) is 0 Å². The molecular weight excluding hydrogens is 344 g/mol. The fourth-order valence-corrected chi connectivity index (χ4v) is 4.05. The summed E-state index contributed by atoms with van der Waals surface area (Å²) in [5.41, 5.74) is 3.75. The molecule has 136 valence electrons. The zero-order valence-electron chi connectivity index (χ0n) is 15.2. The van der Waals surface area contributed by atoms with Crippen molar-refractivity contribution < 1.29 is 14.7 Å². The van der Waals surface area contributed by atoms with E-state index in [1.54, 1.807) is 18.7 Å². The lowest BCUT2D eigenvalue weighted by molar-refractivity contribution is -0.307. The van der Waals surface area contributed by atoms with Crippen LogP contribution >= 0.6 is 11.8 Å². The summed E-state index contributed by atoms with van der Waals surface area (Å²) in [5, 5.41) is 11.4. The lowest BCUT2D eigenvalue weighted by Gasteiger charge is -2.20. The molecule has 0 amide bonds. The van der Waals surface area contributed by atoms with Gasteiger partial charge in [0.1, 0.15) is 5.78 Å². The van der Waals surface area contributed by atoms with Crippen LogP contribution in [0.15, 0.2) is 47.4 Å². The Labute approximate surface area is 158 Å². The van der Waals surface area contributed by atoms with Crippen LogP contribution in [0.2, 0.25) is 0 Å². The molecule has 0 spiro atoms. The number of benzene rings is 2. The van der Waals surface area contributed by atoms with Gasteiger partial charge in [0.05, 0.1) is 0 Å². The Balaban J connectivity index is 1.99. The number of carbonyl (C=O) groups is 2. The van der Waals surface area contributed by atoms with E-state index in [0.29, 0.717) is 12.2 Å². The molecule has 1 fully saturated rings. The first-order valence-electron chi connectivity index (χ1n) is 9.00. The monoisotopic (exact) mass is 367 g/mol. The molecular formula is C22H23O3S-. The summed E-state index contributed by atoms with van der Waals surface area (Å²) in [6.07, 6.45) is 5.38. The molecule has 0 N–H and O–H groups in total. The topological polar surface area (TPSA) is 57.2 Å². The Kier molecular flexibility index (Phi) is 5.82. The van der Waals surface area contributed by atoms with Gasteiger partial charge in [-0.15, -0.1) is 11.8 Å². The fourth-order valence-electron chi connectivity index (χ4n) is 3.64. The van der Waals surface area contributed by atoms with Crippen LogP contribution in [0.1, 0.15) is 43.2 Å². The number of Topliss-reactive ketones (excluding diaryl/α,β-unsaturated/α-hetero) is 1. The van der Waals surface area contributed by atoms with E-state index in [1.807, 2.05) is 42.7 Å². The molecule has 1 aliphatic carbocycles. The van der Waals surface area contributed by atoms with E-state index >= 15 is 0 Å². The van der Waals surface area contributed by atoms with Gasteiger partial charge in [0, 0.05) is 29.1 Å². The first-order chi connectivity index (χ1) is 12.5. The Morgan fingerprint density at radius 2 is 1.96 bits per heavy atom. The largest absolute Gasteiger partial charge is 0.550 e. The molecule has 0 saturated heterocycles. The lowest BCUT2D eigenvalue weighted by atomic mass is 9.88. The van der Waals surface area contributed by atoms with Crippen LogP contribution < -0.4 is 5.11 Å². The van der Waals surface area contributed by atoms with Gasteiger partial charge < -0.3 is 9.90 Å². The minimum Gasteiger partial charge on any atom is -0.550 e. The third kappa shape index (κ3) is 4.01. The van der Waals surface area contributed by atoms with Crippen LogP contribution in [0, 0.1) is 5.92 Å². The van der Waals surface area contributed by atoms with Crippen molar-refractivity contribution in [3.8, 4) is 11.1 Å². The van der Waals surface area contributed by atoms with Crippen molar-refractivity contribution in [3.63, 3.8) is 0 Å². The van der Waals surface area contributed by atoms with Crippen molar-refractivity contribution in [1.29, 1.82) is 0 Å². The van der Waals surface area contributed by atoms with Crippen LogP contribution in [0.3, 0.4) is 0 Å². The molecule has 0 bridgehead atoms.